The van der Waals surface area contributed by atoms with Crippen LogP contribution in [-0.2, 0) is 14.3 Å². The fourth-order valence-corrected chi connectivity index (χ4v) is 0.880. The molecule has 0 spiro atoms. The zero-order valence-corrected chi connectivity index (χ0v) is 11.0. The number of ether oxygens (including phenoxy) is 2. The van der Waals surface area contributed by atoms with E-state index >= 15 is 0 Å². The van der Waals surface area contributed by atoms with Crippen molar-refractivity contribution >= 4 is 5.97 Å². The van der Waals surface area contributed by atoms with Crippen molar-refractivity contribution in [1.82, 2.24) is 0 Å². The van der Waals surface area contributed by atoms with Gasteiger partial charge in [0.25, 0.3) is 6.17 Å². The van der Waals surface area contributed by atoms with Crippen LogP contribution in [0.4, 0.5) is 61.5 Å². The highest BCUT2D eigenvalue weighted by Crippen LogP contribution is 2.48. The first kappa shape index (κ1) is 24.4. The average Bonchev–Trinajstić information content (AvgIpc) is 2.33. The number of halogens is 14. The maximum absolute atomic E-state index is 12.7. The minimum atomic E-state index is -7.27. The molecular formula is C8H2F14O4. The summed E-state index contributed by atoms with van der Waals surface area (Å²) in [5.74, 6) is -9.92. The first-order valence-electron chi connectivity index (χ1n) is 5.25. The van der Waals surface area contributed by atoms with Gasteiger partial charge in [0.2, 0.25) is 0 Å². The van der Waals surface area contributed by atoms with Crippen molar-refractivity contribution in [2.75, 3.05) is 0 Å². The Bertz CT molecular complexity index is 526. The van der Waals surface area contributed by atoms with E-state index in [0.717, 1.165) is 0 Å². The van der Waals surface area contributed by atoms with Crippen molar-refractivity contribution in [3.05, 3.63) is 0 Å². The van der Waals surface area contributed by atoms with Crippen LogP contribution in [0.1, 0.15) is 0 Å². The third-order valence-corrected chi connectivity index (χ3v) is 2.09. The molecule has 0 saturated carbocycles. The highest BCUT2D eigenvalue weighted by Gasteiger charge is 2.74. The number of rotatable bonds is 8. The maximum Gasteiger partial charge on any atom is 0.483 e. The second-order valence-corrected chi connectivity index (χ2v) is 4.10. The van der Waals surface area contributed by atoms with E-state index in [1.807, 2.05) is 0 Å². The molecule has 26 heavy (non-hydrogen) atoms. The van der Waals surface area contributed by atoms with Gasteiger partial charge in [-0.15, -0.1) is 0 Å². The molecule has 0 amide bonds. The lowest BCUT2D eigenvalue weighted by Gasteiger charge is -2.33. The van der Waals surface area contributed by atoms with Gasteiger partial charge in [0.05, 0.1) is 0 Å². The van der Waals surface area contributed by atoms with Crippen LogP contribution in [0.5, 0.6) is 0 Å². The summed E-state index contributed by atoms with van der Waals surface area (Å²) in [6.45, 7) is 0. The van der Waals surface area contributed by atoms with Gasteiger partial charge in [-0.25, -0.2) is 18.7 Å². The quantitative estimate of drug-likeness (QED) is 0.594. The molecule has 0 aliphatic rings. The molecule has 0 aliphatic carbocycles. The molecule has 0 aromatic heterocycles. The van der Waals surface area contributed by atoms with Gasteiger partial charge in [-0.05, 0) is 0 Å². The lowest BCUT2D eigenvalue weighted by molar-refractivity contribution is -0.540. The molecule has 0 fully saturated rings. The molecule has 1 atom stereocenters. The number of alkyl halides is 14. The molecule has 156 valence electrons. The number of hydrogen-bond acceptors (Lipinski definition) is 3. The van der Waals surface area contributed by atoms with E-state index in [1.165, 1.54) is 4.74 Å². The number of carboxylic acids is 1. The molecule has 1 unspecified atom stereocenters. The summed E-state index contributed by atoms with van der Waals surface area (Å²) < 4.78 is 176. The molecule has 1 N–H and O–H groups in total. The van der Waals surface area contributed by atoms with Gasteiger partial charge < -0.3 is 5.11 Å². The molecule has 0 aromatic carbocycles. The fraction of sp³-hybridized carbons (Fsp3) is 0.875. The van der Waals surface area contributed by atoms with Crippen molar-refractivity contribution in [1.29, 1.82) is 0 Å². The SMILES string of the molecule is O=C(O)C(F)(F)C(F)C(F)(F)OC(F)(F)C(F)(F)OC(F)(F)C(F)(F)F. The Morgan fingerprint density at radius 3 is 1.35 bits per heavy atom. The predicted molar refractivity (Wildman–Crippen MR) is 45.5 cm³/mol. The molecule has 0 rings (SSSR count). The van der Waals surface area contributed by atoms with Crippen molar-refractivity contribution in [3.63, 3.8) is 0 Å². The van der Waals surface area contributed by atoms with Gasteiger partial charge in [-0.2, -0.15) is 57.1 Å². The van der Waals surface area contributed by atoms with Crippen LogP contribution in [0.15, 0.2) is 0 Å². The minimum Gasteiger partial charge on any atom is -0.477 e. The summed E-state index contributed by atoms with van der Waals surface area (Å²) in [5, 5.41) is 7.71. The predicted octanol–water partition coefficient (Wildman–Crippen LogP) is 4.01. The normalized spacial score (nSPS) is 16.5. The van der Waals surface area contributed by atoms with Gasteiger partial charge >= 0.3 is 42.5 Å². The van der Waals surface area contributed by atoms with E-state index in [-0.39, 0.29) is 0 Å². The van der Waals surface area contributed by atoms with E-state index in [4.69, 9.17) is 5.11 Å². The van der Waals surface area contributed by atoms with Crippen molar-refractivity contribution < 1.29 is 80.8 Å². The molecule has 0 radical (unpaired) electrons. The second-order valence-electron chi connectivity index (χ2n) is 4.10. The van der Waals surface area contributed by atoms with Crippen LogP contribution in [0.25, 0.3) is 0 Å². The molecule has 0 aromatic rings. The largest absolute Gasteiger partial charge is 0.483 e. The van der Waals surface area contributed by atoms with Crippen molar-refractivity contribution in [2.24, 2.45) is 0 Å². The average molecular weight is 428 g/mol. The van der Waals surface area contributed by atoms with Gasteiger partial charge in [-0.1, -0.05) is 0 Å². The first-order chi connectivity index (χ1) is 11.0. The van der Waals surface area contributed by atoms with E-state index in [1.54, 1.807) is 4.74 Å². The first-order valence-corrected chi connectivity index (χ1v) is 5.25. The summed E-state index contributed by atoms with van der Waals surface area (Å²) in [4.78, 5) is 9.81. The number of carbonyl (C=O) groups is 1. The molecule has 4 nitrogen and oxygen atoms in total. The monoisotopic (exact) mass is 428 g/mol. The zero-order valence-electron chi connectivity index (χ0n) is 11.0. The summed E-state index contributed by atoms with van der Waals surface area (Å²) in [6.07, 6.45) is -41.1. The van der Waals surface area contributed by atoms with E-state index in [9.17, 15) is 66.3 Å². The van der Waals surface area contributed by atoms with Crippen LogP contribution in [0.2, 0.25) is 0 Å². The Morgan fingerprint density at radius 1 is 0.692 bits per heavy atom. The molecule has 0 aliphatic heterocycles. The number of hydrogen-bond donors (Lipinski definition) is 1. The smallest absolute Gasteiger partial charge is 0.477 e. The summed E-state index contributed by atoms with van der Waals surface area (Å²) in [5.41, 5.74) is 0. The molecule has 0 saturated heterocycles. The Kier molecular flexibility index (Phi) is 6.14. The molecular weight excluding hydrogens is 426 g/mol. The second kappa shape index (κ2) is 6.54. The lowest BCUT2D eigenvalue weighted by Crippen LogP contribution is -2.58. The molecule has 0 heterocycles. The minimum absolute atomic E-state index is 1.39. The summed E-state index contributed by atoms with van der Waals surface area (Å²) in [7, 11) is 0. The highest BCUT2D eigenvalue weighted by molar-refractivity contribution is 5.76. The highest BCUT2D eigenvalue weighted by atomic mass is 19.4. The van der Waals surface area contributed by atoms with Crippen LogP contribution in [0.3, 0.4) is 0 Å². The Hall–Kier alpha value is -1.59. The third kappa shape index (κ3) is 4.77. The van der Waals surface area contributed by atoms with Gasteiger partial charge in [0, 0.05) is 0 Å². The Morgan fingerprint density at radius 2 is 1.04 bits per heavy atom. The fourth-order valence-electron chi connectivity index (χ4n) is 0.880. The van der Waals surface area contributed by atoms with Gasteiger partial charge in [0.1, 0.15) is 0 Å². The van der Waals surface area contributed by atoms with Crippen LogP contribution < -0.4 is 0 Å². The standard InChI is InChI=1S/C8H2F14O4/c9-1(3(10,11)2(23)24)4(12,13)25-7(19,20)8(21,22)26-6(17,18)5(14,15)16/h1H,(H,23,24). The summed E-state index contributed by atoms with van der Waals surface area (Å²) >= 11 is 0. The van der Waals surface area contributed by atoms with Crippen molar-refractivity contribution in [2.45, 2.75) is 42.7 Å². The summed E-state index contributed by atoms with van der Waals surface area (Å²) in [6, 6.07) is 0. The van der Waals surface area contributed by atoms with E-state index in [0.29, 0.717) is 0 Å². The van der Waals surface area contributed by atoms with Gasteiger partial charge in [0.15, 0.2) is 0 Å². The van der Waals surface area contributed by atoms with E-state index < -0.39 is 48.7 Å². The van der Waals surface area contributed by atoms with E-state index in [2.05, 4.69) is 0 Å². The Balaban J connectivity index is 5.65. The van der Waals surface area contributed by atoms with Crippen LogP contribution in [-0.4, -0.2) is 53.8 Å². The molecule has 0 bridgehead atoms. The Labute approximate surface area is 131 Å². The zero-order chi connectivity index (χ0) is 21.6. The lowest BCUT2D eigenvalue weighted by atomic mass is 10.2. The van der Waals surface area contributed by atoms with Crippen LogP contribution >= 0.6 is 0 Å². The number of aliphatic carboxylic acids is 1. The number of carboxylic acid groups (broad SMARTS) is 1. The molecule has 18 heteroatoms. The third-order valence-electron chi connectivity index (χ3n) is 2.09. The van der Waals surface area contributed by atoms with Gasteiger partial charge in [-0.3, -0.25) is 0 Å². The van der Waals surface area contributed by atoms with Crippen LogP contribution in [0, 0.1) is 0 Å². The maximum atomic E-state index is 12.7. The topological polar surface area (TPSA) is 55.8 Å². The van der Waals surface area contributed by atoms with Crippen molar-refractivity contribution in [3.8, 4) is 0 Å².